The highest BCUT2D eigenvalue weighted by Crippen LogP contribution is 2.26. The van der Waals surface area contributed by atoms with E-state index in [9.17, 15) is 0 Å². The third kappa shape index (κ3) is 2.62. The van der Waals surface area contributed by atoms with Crippen molar-refractivity contribution in [3.63, 3.8) is 0 Å². The summed E-state index contributed by atoms with van der Waals surface area (Å²) in [6, 6.07) is 0.551. The zero-order chi connectivity index (χ0) is 11.4. The Morgan fingerprint density at radius 1 is 1.19 bits per heavy atom. The molecule has 0 saturated heterocycles. The first-order valence-corrected chi connectivity index (χ1v) is 6.06. The Morgan fingerprint density at radius 2 is 1.94 bits per heavy atom. The summed E-state index contributed by atoms with van der Waals surface area (Å²) in [5.74, 6) is 2.42. The summed E-state index contributed by atoms with van der Waals surface area (Å²) in [4.78, 5) is 8.59. The monoisotopic (exact) mass is 220 g/mol. The van der Waals surface area contributed by atoms with Crippen LogP contribution in [0.25, 0.3) is 0 Å². The van der Waals surface area contributed by atoms with Gasteiger partial charge < -0.3 is 10.6 Å². The largest absolute Gasteiger partial charge is 0.372 e. The molecule has 1 aromatic heterocycles. The van der Waals surface area contributed by atoms with Crippen molar-refractivity contribution < 1.29 is 0 Å². The van der Waals surface area contributed by atoms with Gasteiger partial charge in [0, 0.05) is 13.1 Å². The van der Waals surface area contributed by atoms with Crippen LogP contribution in [0.1, 0.15) is 32.6 Å². The highest BCUT2D eigenvalue weighted by molar-refractivity contribution is 5.41. The second-order valence-corrected chi connectivity index (χ2v) is 4.55. The Morgan fingerprint density at radius 3 is 2.69 bits per heavy atom. The molecule has 1 saturated carbocycles. The van der Waals surface area contributed by atoms with Crippen molar-refractivity contribution in [2.75, 3.05) is 17.7 Å². The number of hydrogen-bond donors (Lipinski definition) is 2. The highest BCUT2D eigenvalue weighted by atomic mass is 15.1. The number of anilines is 2. The molecule has 1 aromatic rings. The molecule has 1 aliphatic carbocycles. The van der Waals surface area contributed by atoms with Crippen LogP contribution in [-0.4, -0.2) is 23.1 Å². The van der Waals surface area contributed by atoms with Gasteiger partial charge in [0.2, 0.25) is 0 Å². The summed E-state index contributed by atoms with van der Waals surface area (Å²) in [5, 5.41) is 6.49. The van der Waals surface area contributed by atoms with E-state index in [0.717, 1.165) is 17.6 Å². The standard InChI is InChI=1S/C12H20N4/c1-9-5-3-4-6-10(9)15-12-8-14-7-11(13-2)16-12/h7-10H,3-6H2,1-2H3,(H2,13,15,16). The molecule has 2 rings (SSSR count). The fraction of sp³-hybridized carbons (Fsp3) is 0.667. The average Bonchev–Trinajstić information content (AvgIpc) is 2.32. The van der Waals surface area contributed by atoms with E-state index in [0.29, 0.717) is 6.04 Å². The van der Waals surface area contributed by atoms with E-state index in [1.54, 1.807) is 12.4 Å². The molecule has 4 nitrogen and oxygen atoms in total. The minimum Gasteiger partial charge on any atom is -0.372 e. The first-order chi connectivity index (χ1) is 7.79. The molecule has 0 amide bonds. The van der Waals surface area contributed by atoms with Gasteiger partial charge in [-0.1, -0.05) is 19.8 Å². The fourth-order valence-electron chi connectivity index (χ4n) is 2.28. The minimum absolute atomic E-state index is 0.551. The van der Waals surface area contributed by atoms with E-state index in [4.69, 9.17) is 0 Å². The zero-order valence-corrected chi connectivity index (χ0v) is 10.0. The Kier molecular flexibility index (Phi) is 3.59. The number of hydrogen-bond acceptors (Lipinski definition) is 4. The minimum atomic E-state index is 0.551. The summed E-state index contributed by atoms with van der Waals surface area (Å²) >= 11 is 0. The SMILES string of the molecule is CNc1cncc(NC2CCCCC2C)n1. The van der Waals surface area contributed by atoms with Gasteiger partial charge in [-0.3, -0.25) is 4.98 Å². The first kappa shape index (κ1) is 11.2. The third-order valence-electron chi connectivity index (χ3n) is 3.34. The number of nitrogens with one attached hydrogen (secondary N) is 2. The molecule has 2 N–H and O–H groups in total. The Hall–Kier alpha value is -1.32. The summed E-state index contributed by atoms with van der Waals surface area (Å²) in [5.41, 5.74) is 0. The maximum Gasteiger partial charge on any atom is 0.147 e. The Bertz CT molecular complexity index is 340. The van der Waals surface area contributed by atoms with Crippen molar-refractivity contribution in [1.82, 2.24) is 9.97 Å². The lowest BCUT2D eigenvalue weighted by Gasteiger charge is -2.29. The van der Waals surface area contributed by atoms with Crippen LogP contribution >= 0.6 is 0 Å². The van der Waals surface area contributed by atoms with Crippen LogP contribution < -0.4 is 10.6 Å². The number of nitrogens with zero attached hydrogens (tertiary/aromatic N) is 2. The molecule has 0 radical (unpaired) electrons. The molecule has 1 aliphatic rings. The summed E-state index contributed by atoms with van der Waals surface area (Å²) < 4.78 is 0. The fourth-order valence-corrected chi connectivity index (χ4v) is 2.28. The van der Waals surface area contributed by atoms with Crippen molar-refractivity contribution in [1.29, 1.82) is 0 Å². The van der Waals surface area contributed by atoms with Gasteiger partial charge in [0.25, 0.3) is 0 Å². The van der Waals surface area contributed by atoms with Gasteiger partial charge in [0.15, 0.2) is 0 Å². The lowest BCUT2D eigenvalue weighted by Crippen LogP contribution is -2.30. The quantitative estimate of drug-likeness (QED) is 0.821. The van der Waals surface area contributed by atoms with Crippen LogP contribution in [0.2, 0.25) is 0 Å². The summed E-state index contributed by atoms with van der Waals surface area (Å²) in [6.45, 7) is 2.31. The molecule has 1 heterocycles. The lowest BCUT2D eigenvalue weighted by atomic mass is 9.86. The van der Waals surface area contributed by atoms with E-state index in [-0.39, 0.29) is 0 Å². The molecule has 0 aromatic carbocycles. The molecular formula is C12H20N4. The number of rotatable bonds is 3. The zero-order valence-electron chi connectivity index (χ0n) is 10.0. The van der Waals surface area contributed by atoms with E-state index >= 15 is 0 Å². The van der Waals surface area contributed by atoms with Gasteiger partial charge >= 0.3 is 0 Å². The lowest BCUT2D eigenvalue weighted by molar-refractivity contribution is 0.349. The van der Waals surface area contributed by atoms with Crippen LogP contribution in [0.3, 0.4) is 0 Å². The van der Waals surface area contributed by atoms with E-state index in [1.807, 2.05) is 7.05 Å². The van der Waals surface area contributed by atoms with Gasteiger partial charge in [0.05, 0.1) is 12.4 Å². The molecule has 0 bridgehead atoms. The normalized spacial score (nSPS) is 25.1. The molecule has 1 fully saturated rings. The first-order valence-electron chi connectivity index (χ1n) is 6.06. The van der Waals surface area contributed by atoms with Crippen molar-refractivity contribution in [3.05, 3.63) is 12.4 Å². The van der Waals surface area contributed by atoms with Crippen molar-refractivity contribution in [3.8, 4) is 0 Å². The summed E-state index contributed by atoms with van der Waals surface area (Å²) in [6.07, 6.45) is 8.77. The van der Waals surface area contributed by atoms with Crippen molar-refractivity contribution in [2.24, 2.45) is 5.92 Å². The van der Waals surface area contributed by atoms with Gasteiger partial charge in [0.1, 0.15) is 11.6 Å². The van der Waals surface area contributed by atoms with Crippen LogP contribution in [0.4, 0.5) is 11.6 Å². The Balaban J connectivity index is 2.01. The smallest absolute Gasteiger partial charge is 0.147 e. The molecule has 4 heteroatoms. The molecule has 2 atom stereocenters. The van der Waals surface area contributed by atoms with Gasteiger partial charge in [-0.2, -0.15) is 0 Å². The van der Waals surface area contributed by atoms with Gasteiger partial charge in [-0.25, -0.2) is 4.98 Å². The van der Waals surface area contributed by atoms with Crippen LogP contribution in [0.15, 0.2) is 12.4 Å². The molecule has 0 aliphatic heterocycles. The van der Waals surface area contributed by atoms with Crippen LogP contribution in [0.5, 0.6) is 0 Å². The average molecular weight is 220 g/mol. The van der Waals surface area contributed by atoms with E-state index in [2.05, 4.69) is 27.5 Å². The number of aromatic nitrogens is 2. The van der Waals surface area contributed by atoms with E-state index in [1.165, 1.54) is 25.7 Å². The van der Waals surface area contributed by atoms with Crippen molar-refractivity contribution in [2.45, 2.75) is 38.6 Å². The molecule has 88 valence electrons. The summed E-state index contributed by atoms with van der Waals surface area (Å²) in [7, 11) is 1.86. The van der Waals surface area contributed by atoms with E-state index < -0.39 is 0 Å². The molecule has 16 heavy (non-hydrogen) atoms. The third-order valence-corrected chi connectivity index (χ3v) is 3.34. The van der Waals surface area contributed by atoms with Crippen LogP contribution in [-0.2, 0) is 0 Å². The Labute approximate surface area is 96.9 Å². The molecule has 2 unspecified atom stereocenters. The van der Waals surface area contributed by atoms with Crippen molar-refractivity contribution >= 4 is 11.6 Å². The predicted octanol–water partition coefficient (Wildman–Crippen LogP) is 2.51. The topological polar surface area (TPSA) is 49.8 Å². The maximum absolute atomic E-state index is 4.44. The molecular weight excluding hydrogens is 200 g/mol. The second kappa shape index (κ2) is 5.14. The van der Waals surface area contributed by atoms with Crippen LogP contribution in [0, 0.1) is 5.92 Å². The second-order valence-electron chi connectivity index (χ2n) is 4.55. The van der Waals surface area contributed by atoms with Gasteiger partial charge in [-0.05, 0) is 18.8 Å². The molecule has 0 spiro atoms. The van der Waals surface area contributed by atoms with Gasteiger partial charge in [-0.15, -0.1) is 0 Å². The maximum atomic E-state index is 4.44. The predicted molar refractivity (Wildman–Crippen MR) is 66.6 cm³/mol. The highest BCUT2D eigenvalue weighted by Gasteiger charge is 2.21.